The molecule has 4 heteroatoms. The molecule has 2 rings (SSSR count). The van der Waals surface area contributed by atoms with Crippen LogP contribution < -0.4 is 4.90 Å². The van der Waals surface area contributed by atoms with E-state index in [-0.39, 0.29) is 6.42 Å². The first kappa shape index (κ1) is 12.2. The molecular formula is C13H16ClNO2. The van der Waals surface area contributed by atoms with Gasteiger partial charge in [0.05, 0.1) is 10.7 Å². The van der Waals surface area contributed by atoms with Crippen LogP contribution in [0.25, 0.3) is 0 Å². The van der Waals surface area contributed by atoms with Gasteiger partial charge >= 0.3 is 5.97 Å². The Labute approximate surface area is 106 Å². The molecule has 0 aromatic heterocycles. The van der Waals surface area contributed by atoms with Crippen LogP contribution in [0, 0.1) is 5.92 Å². The van der Waals surface area contributed by atoms with Gasteiger partial charge in [-0.1, -0.05) is 23.7 Å². The number of carbonyl (C=O) groups is 1. The van der Waals surface area contributed by atoms with Gasteiger partial charge in [0.2, 0.25) is 0 Å². The lowest BCUT2D eigenvalue weighted by Gasteiger charge is -2.19. The van der Waals surface area contributed by atoms with Gasteiger partial charge in [-0.05, 0) is 30.9 Å². The number of anilines is 1. The normalized spacial score (nSPS) is 19.6. The quantitative estimate of drug-likeness (QED) is 0.897. The molecule has 1 saturated heterocycles. The minimum Gasteiger partial charge on any atom is -0.481 e. The maximum absolute atomic E-state index is 10.5. The van der Waals surface area contributed by atoms with Crippen LogP contribution >= 0.6 is 11.6 Å². The monoisotopic (exact) mass is 253 g/mol. The number of benzene rings is 1. The van der Waals surface area contributed by atoms with Crippen molar-refractivity contribution in [2.24, 2.45) is 5.92 Å². The molecule has 1 aliphatic heterocycles. The van der Waals surface area contributed by atoms with E-state index in [0.717, 1.165) is 36.6 Å². The minimum absolute atomic E-state index is 0.265. The van der Waals surface area contributed by atoms with E-state index >= 15 is 0 Å². The predicted octanol–water partition coefficient (Wildman–Crippen LogP) is 3.03. The van der Waals surface area contributed by atoms with E-state index in [9.17, 15) is 4.79 Å². The average Bonchev–Trinajstić information content (AvgIpc) is 2.75. The zero-order valence-electron chi connectivity index (χ0n) is 9.60. The summed E-state index contributed by atoms with van der Waals surface area (Å²) in [6.45, 7) is 1.88. The van der Waals surface area contributed by atoms with Gasteiger partial charge in [-0.15, -0.1) is 0 Å². The largest absolute Gasteiger partial charge is 0.481 e. The molecule has 1 atom stereocenters. The number of hydrogen-bond donors (Lipinski definition) is 1. The summed E-state index contributed by atoms with van der Waals surface area (Å²) in [5, 5.41) is 9.44. The minimum atomic E-state index is -0.707. The third-order valence-corrected chi connectivity index (χ3v) is 3.57. The number of rotatable bonds is 4. The molecule has 1 aromatic rings. The molecule has 0 saturated carbocycles. The van der Waals surface area contributed by atoms with Crippen molar-refractivity contribution in [3.05, 3.63) is 29.3 Å². The number of carboxylic acids is 1. The highest BCUT2D eigenvalue weighted by Gasteiger charge is 2.24. The van der Waals surface area contributed by atoms with Crippen molar-refractivity contribution in [3.8, 4) is 0 Å². The molecule has 1 aliphatic rings. The number of hydrogen-bond acceptors (Lipinski definition) is 2. The molecule has 1 heterocycles. The molecule has 1 N–H and O–H groups in total. The predicted molar refractivity (Wildman–Crippen MR) is 68.6 cm³/mol. The van der Waals surface area contributed by atoms with Crippen molar-refractivity contribution >= 4 is 23.3 Å². The van der Waals surface area contributed by atoms with Gasteiger partial charge < -0.3 is 10.0 Å². The SMILES string of the molecule is O=C(O)CCC1CCN(c2ccccc2Cl)C1. The van der Waals surface area contributed by atoms with Gasteiger partial charge in [-0.2, -0.15) is 0 Å². The molecule has 1 unspecified atom stereocenters. The summed E-state index contributed by atoms with van der Waals surface area (Å²) >= 11 is 6.14. The molecule has 1 aromatic carbocycles. The smallest absolute Gasteiger partial charge is 0.303 e. The molecule has 17 heavy (non-hydrogen) atoms. The second-order valence-electron chi connectivity index (χ2n) is 4.48. The van der Waals surface area contributed by atoms with E-state index in [2.05, 4.69) is 4.90 Å². The molecule has 0 bridgehead atoms. The second-order valence-corrected chi connectivity index (χ2v) is 4.89. The summed E-state index contributed by atoms with van der Waals surface area (Å²) in [4.78, 5) is 12.8. The van der Waals surface area contributed by atoms with Crippen LogP contribution in [0.2, 0.25) is 5.02 Å². The third-order valence-electron chi connectivity index (χ3n) is 3.25. The first-order chi connectivity index (χ1) is 8.16. The van der Waals surface area contributed by atoms with Crippen molar-refractivity contribution in [2.75, 3.05) is 18.0 Å². The Bertz CT molecular complexity index is 408. The van der Waals surface area contributed by atoms with Crippen LogP contribution in [-0.2, 0) is 4.79 Å². The van der Waals surface area contributed by atoms with E-state index in [1.54, 1.807) is 0 Å². The van der Waals surface area contributed by atoms with Gasteiger partial charge in [-0.25, -0.2) is 0 Å². The third kappa shape index (κ3) is 3.13. The van der Waals surface area contributed by atoms with E-state index < -0.39 is 5.97 Å². The highest BCUT2D eigenvalue weighted by Crippen LogP contribution is 2.31. The summed E-state index contributed by atoms with van der Waals surface area (Å²) < 4.78 is 0. The number of para-hydroxylation sites is 1. The first-order valence-electron chi connectivity index (χ1n) is 5.88. The Morgan fingerprint density at radius 1 is 1.47 bits per heavy atom. The number of carboxylic acid groups (broad SMARTS) is 1. The van der Waals surface area contributed by atoms with Crippen molar-refractivity contribution in [1.29, 1.82) is 0 Å². The molecule has 0 aliphatic carbocycles. The Morgan fingerprint density at radius 3 is 2.94 bits per heavy atom. The molecule has 0 spiro atoms. The standard InChI is InChI=1S/C13H16ClNO2/c14-11-3-1-2-4-12(11)15-8-7-10(9-15)5-6-13(16)17/h1-4,10H,5-9H2,(H,16,17). The fraction of sp³-hybridized carbons (Fsp3) is 0.462. The Hall–Kier alpha value is -1.22. The molecule has 1 fully saturated rings. The topological polar surface area (TPSA) is 40.5 Å². The van der Waals surface area contributed by atoms with Crippen LogP contribution in [0.1, 0.15) is 19.3 Å². The van der Waals surface area contributed by atoms with Crippen LogP contribution in [0.4, 0.5) is 5.69 Å². The molecule has 0 amide bonds. The molecule has 3 nitrogen and oxygen atoms in total. The van der Waals surface area contributed by atoms with Crippen LogP contribution in [0.5, 0.6) is 0 Å². The average molecular weight is 254 g/mol. The van der Waals surface area contributed by atoms with Crippen LogP contribution in [0.3, 0.4) is 0 Å². The second kappa shape index (κ2) is 5.41. The van der Waals surface area contributed by atoms with E-state index in [1.165, 1.54) is 0 Å². The summed E-state index contributed by atoms with van der Waals surface area (Å²) in [7, 11) is 0. The van der Waals surface area contributed by atoms with Crippen molar-refractivity contribution in [3.63, 3.8) is 0 Å². The van der Waals surface area contributed by atoms with Crippen molar-refractivity contribution < 1.29 is 9.90 Å². The zero-order valence-corrected chi connectivity index (χ0v) is 10.4. The summed E-state index contributed by atoms with van der Waals surface area (Å²) in [5.74, 6) is -0.233. The molecule has 0 radical (unpaired) electrons. The lowest BCUT2D eigenvalue weighted by molar-refractivity contribution is -0.137. The Kier molecular flexibility index (Phi) is 3.89. The van der Waals surface area contributed by atoms with E-state index in [1.807, 2.05) is 24.3 Å². The van der Waals surface area contributed by atoms with Gasteiger partial charge in [0.15, 0.2) is 0 Å². The van der Waals surface area contributed by atoms with E-state index in [4.69, 9.17) is 16.7 Å². The van der Waals surface area contributed by atoms with Crippen LogP contribution in [-0.4, -0.2) is 24.2 Å². The van der Waals surface area contributed by atoms with E-state index in [0.29, 0.717) is 5.92 Å². The van der Waals surface area contributed by atoms with Gasteiger partial charge in [-0.3, -0.25) is 4.79 Å². The lowest BCUT2D eigenvalue weighted by Crippen LogP contribution is -2.20. The fourth-order valence-corrected chi connectivity index (χ4v) is 2.58. The zero-order chi connectivity index (χ0) is 12.3. The number of aliphatic carboxylic acids is 1. The van der Waals surface area contributed by atoms with Gasteiger partial charge in [0.1, 0.15) is 0 Å². The summed E-state index contributed by atoms with van der Waals surface area (Å²) in [5.41, 5.74) is 1.06. The lowest BCUT2D eigenvalue weighted by atomic mass is 10.0. The van der Waals surface area contributed by atoms with Gasteiger partial charge in [0, 0.05) is 19.5 Å². The Balaban J connectivity index is 1.94. The number of halogens is 1. The Morgan fingerprint density at radius 2 is 2.24 bits per heavy atom. The van der Waals surface area contributed by atoms with Crippen molar-refractivity contribution in [2.45, 2.75) is 19.3 Å². The molecular weight excluding hydrogens is 238 g/mol. The number of nitrogens with zero attached hydrogens (tertiary/aromatic N) is 1. The van der Waals surface area contributed by atoms with Crippen molar-refractivity contribution in [1.82, 2.24) is 0 Å². The summed E-state index contributed by atoms with van der Waals surface area (Å²) in [6, 6.07) is 7.80. The highest BCUT2D eigenvalue weighted by atomic mass is 35.5. The molecule has 92 valence electrons. The maximum atomic E-state index is 10.5. The van der Waals surface area contributed by atoms with Gasteiger partial charge in [0.25, 0.3) is 0 Å². The maximum Gasteiger partial charge on any atom is 0.303 e. The summed E-state index contributed by atoms with van der Waals surface area (Å²) in [6.07, 6.45) is 2.08. The van der Waals surface area contributed by atoms with Crippen LogP contribution in [0.15, 0.2) is 24.3 Å². The highest BCUT2D eigenvalue weighted by molar-refractivity contribution is 6.33. The fourth-order valence-electron chi connectivity index (χ4n) is 2.32. The first-order valence-corrected chi connectivity index (χ1v) is 6.26.